The van der Waals surface area contributed by atoms with E-state index in [1.807, 2.05) is 24.3 Å². The Labute approximate surface area is 192 Å². The lowest BCUT2D eigenvalue weighted by atomic mass is 10.1. The van der Waals surface area contributed by atoms with E-state index in [-0.39, 0.29) is 5.69 Å². The first-order valence-corrected chi connectivity index (χ1v) is 10.7. The highest BCUT2D eigenvalue weighted by atomic mass is 32.1. The van der Waals surface area contributed by atoms with Crippen LogP contribution >= 0.6 is 11.3 Å². The minimum Gasteiger partial charge on any atom is -0.497 e. The third-order valence-electron chi connectivity index (χ3n) is 4.90. The molecular formula is C24H18FN3O4S. The number of carbonyl (C=O) groups excluding carboxylic acids is 1. The van der Waals surface area contributed by atoms with Crippen LogP contribution in [-0.2, 0) is 6.42 Å². The molecule has 4 aromatic rings. The van der Waals surface area contributed by atoms with Gasteiger partial charge in [0.1, 0.15) is 11.6 Å². The first kappa shape index (κ1) is 22.1. The largest absolute Gasteiger partial charge is 0.497 e. The monoisotopic (exact) mass is 463 g/mol. The van der Waals surface area contributed by atoms with Crippen molar-refractivity contribution in [3.8, 4) is 17.0 Å². The molecule has 1 N–H and O–H groups in total. The number of ether oxygens (including phenoxy) is 1. The van der Waals surface area contributed by atoms with E-state index in [9.17, 15) is 19.3 Å². The van der Waals surface area contributed by atoms with Crippen LogP contribution in [0.2, 0.25) is 0 Å². The maximum Gasteiger partial charge on any atom is 0.269 e. The molecule has 0 aliphatic heterocycles. The van der Waals surface area contributed by atoms with Crippen LogP contribution in [0.15, 0.2) is 72.8 Å². The highest BCUT2D eigenvalue weighted by Crippen LogP contribution is 2.34. The van der Waals surface area contributed by atoms with Gasteiger partial charge in [-0.3, -0.25) is 20.2 Å². The second-order valence-corrected chi connectivity index (χ2v) is 8.16. The second-order valence-electron chi connectivity index (χ2n) is 7.08. The molecule has 1 heterocycles. The molecule has 9 heteroatoms. The number of aromatic nitrogens is 1. The lowest BCUT2D eigenvalue weighted by Gasteiger charge is -2.04. The summed E-state index contributed by atoms with van der Waals surface area (Å²) in [6.45, 7) is 0. The summed E-state index contributed by atoms with van der Waals surface area (Å²) in [5, 5.41) is 14.1. The Bertz CT molecular complexity index is 1290. The predicted molar refractivity (Wildman–Crippen MR) is 124 cm³/mol. The highest BCUT2D eigenvalue weighted by Gasteiger charge is 2.17. The SMILES string of the molecule is COc1ccc(-c2nc(NC(=O)c3ccc(F)cc3)sc2Cc2ccc([N+](=O)[O-])cc2)cc1. The summed E-state index contributed by atoms with van der Waals surface area (Å²) in [5.74, 6) is -0.115. The number of amides is 1. The maximum absolute atomic E-state index is 13.2. The van der Waals surface area contributed by atoms with Crippen molar-refractivity contribution in [1.82, 2.24) is 4.98 Å². The zero-order valence-corrected chi connectivity index (χ0v) is 18.3. The van der Waals surface area contributed by atoms with E-state index >= 15 is 0 Å². The third kappa shape index (κ3) is 5.21. The van der Waals surface area contributed by atoms with Crippen LogP contribution in [0.3, 0.4) is 0 Å². The summed E-state index contributed by atoms with van der Waals surface area (Å²) in [6.07, 6.45) is 0.476. The van der Waals surface area contributed by atoms with E-state index in [4.69, 9.17) is 4.74 Å². The Hall–Kier alpha value is -4.11. The smallest absolute Gasteiger partial charge is 0.269 e. The van der Waals surface area contributed by atoms with Gasteiger partial charge in [-0.1, -0.05) is 12.1 Å². The topological polar surface area (TPSA) is 94.4 Å². The summed E-state index contributed by atoms with van der Waals surface area (Å²) in [4.78, 5) is 28.6. The molecule has 1 amide bonds. The molecule has 0 aliphatic rings. The van der Waals surface area contributed by atoms with Crippen molar-refractivity contribution in [1.29, 1.82) is 0 Å². The van der Waals surface area contributed by atoms with Crippen LogP contribution in [0.5, 0.6) is 5.75 Å². The van der Waals surface area contributed by atoms with Crippen molar-refractivity contribution in [3.63, 3.8) is 0 Å². The third-order valence-corrected chi connectivity index (χ3v) is 5.87. The number of hydrogen-bond acceptors (Lipinski definition) is 6. The predicted octanol–water partition coefficient (Wildman–Crippen LogP) is 5.71. The minimum atomic E-state index is -0.442. The van der Waals surface area contributed by atoms with Gasteiger partial charge in [0.25, 0.3) is 11.6 Å². The molecule has 0 atom stereocenters. The number of thiazole rings is 1. The van der Waals surface area contributed by atoms with Crippen molar-refractivity contribution >= 4 is 28.1 Å². The summed E-state index contributed by atoms with van der Waals surface area (Å²) < 4.78 is 18.4. The molecule has 166 valence electrons. The number of rotatable bonds is 7. The van der Waals surface area contributed by atoms with Gasteiger partial charge in [-0.2, -0.15) is 0 Å². The van der Waals surface area contributed by atoms with E-state index in [0.29, 0.717) is 28.6 Å². The lowest BCUT2D eigenvalue weighted by Crippen LogP contribution is -2.11. The Morgan fingerprint density at radius 3 is 2.33 bits per heavy atom. The molecular weight excluding hydrogens is 445 g/mol. The summed E-state index contributed by atoms with van der Waals surface area (Å²) in [5.41, 5.74) is 2.73. The number of non-ortho nitro benzene ring substituents is 1. The molecule has 0 unspecified atom stereocenters. The van der Waals surface area contributed by atoms with E-state index in [1.165, 1.54) is 47.7 Å². The van der Waals surface area contributed by atoms with Gasteiger partial charge < -0.3 is 4.74 Å². The number of methoxy groups -OCH3 is 1. The van der Waals surface area contributed by atoms with Gasteiger partial charge in [-0.25, -0.2) is 9.37 Å². The van der Waals surface area contributed by atoms with Crippen LogP contribution in [0, 0.1) is 15.9 Å². The average Bonchev–Trinajstić information content (AvgIpc) is 3.21. The Balaban J connectivity index is 1.65. The first-order valence-electron chi connectivity index (χ1n) is 9.87. The van der Waals surface area contributed by atoms with E-state index < -0.39 is 16.6 Å². The van der Waals surface area contributed by atoms with Gasteiger partial charge in [0.05, 0.1) is 17.7 Å². The number of nitrogens with one attached hydrogen (secondary N) is 1. The standard InChI is InChI=1S/C24H18FN3O4S/c1-32-20-12-6-16(7-13-20)22-21(14-15-2-10-19(11-3-15)28(30)31)33-24(26-22)27-23(29)17-4-8-18(25)9-5-17/h2-13H,14H2,1H3,(H,26,27,29). The molecule has 0 spiro atoms. The van der Waals surface area contributed by atoms with Gasteiger partial charge in [0.2, 0.25) is 0 Å². The lowest BCUT2D eigenvalue weighted by molar-refractivity contribution is -0.384. The van der Waals surface area contributed by atoms with Crippen molar-refractivity contribution in [2.24, 2.45) is 0 Å². The summed E-state index contributed by atoms with van der Waals surface area (Å²) in [6, 6.07) is 19.0. The van der Waals surface area contributed by atoms with E-state index in [2.05, 4.69) is 10.3 Å². The fraction of sp³-hybridized carbons (Fsp3) is 0.0833. The fourth-order valence-corrected chi connectivity index (χ4v) is 4.20. The Morgan fingerprint density at radius 1 is 1.06 bits per heavy atom. The highest BCUT2D eigenvalue weighted by molar-refractivity contribution is 7.16. The number of hydrogen-bond donors (Lipinski definition) is 1. The molecule has 7 nitrogen and oxygen atoms in total. The van der Waals surface area contributed by atoms with Crippen LogP contribution < -0.4 is 10.1 Å². The van der Waals surface area contributed by atoms with Crippen LogP contribution in [-0.4, -0.2) is 22.9 Å². The van der Waals surface area contributed by atoms with Crippen LogP contribution in [0.1, 0.15) is 20.8 Å². The van der Waals surface area contributed by atoms with Gasteiger partial charge in [-0.05, 0) is 54.1 Å². The number of benzene rings is 3. The van der Waals surface area contributed by atoms with Crippen LogP contribution in [0.4, 0.5) is 15.2 Å². The van der Waals surface area contributed by atoms with E-state index in [0.717, 1.165) is 16.0 Å². The normalized spacial score (nSPS) is 10.6. The first-order chi connectivity index (χ1) is 15.9. The second kappa shape index (κ2) is 9.58. The van der Waals surface area contributed by atoms with Gasteiger partial charge in [0.15, 0.2) is 5.13 Å². The van der Waals surface area contributed by atoms with Gasteiger partial charge in [0, 0.05) is 34.6 Å². The number of anilines is 1. The van der Waals surface area contributed by atoms with Crippen molar-refractivity contribution in [3.05, 3.63) is 105 Å². The van der Waals surface area contributed by atoms with Crippen molar-refractivity contribution in [2.75, 3.05) is 12.4 Å². The molecule has 1 aromatic heterocycles. The van der Waals surface area contributed by atoms with Crippen molar-refractivity contribution in [2.45, 2.75) is 6.42 Å². The molecule has 3 aromatic carbocycles. The number of nitrogens with zero attached hydrogens (tertiary/aromatic N) is 2. The zero-order valence-electron chi connectivity index (χ0n) is 17.4. The summed E-state index contributed by atoms with van der Waals surface area (Å²) in [7, 11) is 1.58. The maximum atomic E-state index is 13.2. The molecule has 4 rings (SSSR count). The van der Waals surface area contributed by atoms with E-state index in [1.54, 1.807) is 19.2 Å². The average molecular weight is 463 g/mol. The molecule has 0 radical (unpaired) electrons. The Kier molecular flexibility index (Phi) is 6.41. The molecule has 33 heavy (non-hydrogen) atoms. The summed E-state index contributed by atoms with van der Waals surface area (Å²) >= 11 is 1.31. The molecule has 0 saturated heterocycles. The number of carbonyl (C=O) groups is 1. The Morgan fingerprint density at radius 2 is 1.73 bits per heavy atom. The fourth-order valence-electron chi connectivity index (χ4n) is 3.19. The molecule has 0 fully saturated rings. The minimum absolute atomic E-state index is 0.0192. The quantitative estimate of drug-likeness (QED) is 0.280. The van der Waals surface area contributed by atoms with Gasteiger partial charge in [-0.15, -0.1) is 11.3 Å². The number of halogens is 1. The number of nitro groups is 1. The van der Waals surface area contributed by atoms with Gasteiger partial charge >= 0.3 is 0 Å². The molecule has 0 bridgehead atoms. The molecule has 0 saturated carbocycles. The molecule has 0 aliphatic carbocycles. The van der Waals surface area contributed by atoms with Crippen molar-refractivity contribution < 1.29 is 18.8 Å². The van der Waals surface area contributed by atoms with Crippen LogP contribution in [0.25, 0.3) is 11.3 Å². The number of nitro benzene ring substituents is 1. The zero-order chi connectivity index (χ0) is 23.4.